The van der Waals surface area contributed by atoms with Gasteiger partial charge < -0.3 is 4.90 Å². The lowest BCUT2D eigenvalue weighted by atomic mass is 10.4. The van der Waals surface area contributed by atoms with Crippen molar-refractivity contribution >= 4 is 17.7 Å². The Morgan fingerprint density at radius 1 is 1.46 bits per heavy atom. The highest BCUT2D eigenvalue weighted by Gasteiger charge is 2.05. The van der Waals surface area contributed by atoms with E-state index in [0.29, 0.717) is 11.7 Å². The van der Waals surface area contributed by atoms with Crippen molar-refractivity contribution in [1.29, 1.82) is 0 Å². The molecule has 0 aliphatic rings. The van der Waals surface area contributed by atoms with E-state index < -0.39 is 0 Å². The van der Waals surface area contributed by atoms with Crippen LogP contribution < -0.4 is 0 Å². The Bertz CT molecular complexity index is 150. The molecule has 78 valence electrons. The lowest BCUT2D eigenvalue weighted by Gasteiger charge is -2.17. The predicted octanol–water partition coefficient (Wildman–Crippen LogP) is 2.39. The van der Waals surface area contributed by atoms with Gasteiger partial charge in [-0.25, -0.2) is 0 Å². The second-order valence-corrected chi connectivity index (χ2v) is 4.80. The van der Waals surface area contributed by atoms with Crippen molar-refractivity contribution in [3.63, 3.8) is 0 Å². The molecule has 13 heavy (non-hydrogen) atoms. The van der Waals surface area contributed by atoms with Crippen LogP contribution >= 0.6 is 11.8 Å². The topological polar surface area (TPSA) is 20.3 Å². The highest BCUT2D eigenvalue weighted by molar-refractivity contribution is 7.99. The number of rotatable bonds is 6. The van der Waals surface area contributed by atoms with Crippen LogP contribution in [-0.2, 0) is 4.79 Å². The van der Waals surface area contributed by atoms with Gasteiger partial charge in [0.15, 0.2) is 0 Å². The summed E-state index contributed by atoms with van der Waals surface area (Å²) in [6, 6.07) is 0. The van der Waals surface area contributed by atoms with E-state index >= 15 is 0 Å². The van der Waals surface area contributed by atoms with Gasteiger partial charge in [0.25, 0.3) is 0 Å². The maximum absolute atomic E-state index is 11.2. The monoisotopic (exact) mass is 203 g/mol. The third-order valence-corrected chi connectivity index (χ3v) is 3.45. The average Bonchev–Trinajstić information content (AvgIpc) is 2.15. The first-order valence-corrected chi connectivity index (χ1v) is 6.02. The number of hydrogen-bond donors (Lipinski definition) is 0. The van der Waals surface area contributed by atoms with Crippen LogP contribution in [0.4, 0.5) is 0 Å². The van der Waals surface area contributed by atoms with E-state index in [1.165, 1.54) is 6.42 Å². The zero-order valence-electron chi connectivity index (χ0n) is 9.17. The van der Waals surface area contributed by atoms with Crippen LogP contribution in [0.1, 0.15) is 33.6 Å². The molecule has 0 N–H and O–H groups in total. The number of thioether (sulfide) groups is 1. The molecule has 0 aliphatic heterocycles. The molecule has 1 atom stereocenters. The molecule has 0 aliphatic carbocycles. The van der Waals surface area contributed by atoms with Gasteiger partial charge in [0.1, 0.15) is 0 Å². The van der Waals surface area contributed by atoms with Crippen LogP contribution in [0, 0.1) is 0 Å². The molecule has 0 saturated carbocycles. The minimum Gasteiger partial charge on any atom is -0.345 e. The molecular formula is C10H21NOS. The molecular weight excluding hydrogens is 182 g/mol. The lowest BCUT2D eigenvalue weighted by molar-refractivity contribution is -0.129. The van der Waals surface area contributed by atoms with E-state index in [2.05, 4.69) is 13.8 Å². The molecule has 0 heterocycles. The van der Waals surface area contributed by atoms with Gasteiger partial charge in [-0.05, 0) is 6.42 Å². The largest absolute Gasteiger partial charge is 0.345 e. The first-order valence-electron chi connectivity index (χ1n) is 4.97. The maximum atomic E-state index is 11.2. The molecule has 3 heteroatoms. The van der Waals surface area contributed by atoms with E-state index in [9.17, 15) is 4.79 Å². The van der Waals surface area contributed by atoms with Crippen LogP contribution in [0.2, 0.25) is 0 Å². The summed E-state index contributed by atoms with van der Waals surface area (Å²) in [5, 5.41) is 0.713. The van der Waals surface area contributed by atoms with Crippen LogP contribution in [-0.4, -0.2) is 35.4 Å². The molecule has 0 aromatic rings. The minimum atomic E-state index is 0.241. The third-order valence-electron chi connectivity index (χ3n) is 2.13. The normalized spacial score (nSPS) is 12.6. The molecule has 0 rings (SSSR count). The fourth-order valence-corrected chi connectivity index (χ4v) is 1.92. The van der Waals surface area contributed by atoms with Gasteiger partial charge in [0, 0.05) is 31.0 Å². The molecule has 1 amide bonds. The van der Waals surface area contributed by atoms with Gasteiger partial charge in [-0.3, -0.25) is 4.79 Å². The predicted molar refractivity (Wildman–Crippen MR) is 60.1 cm³/mol. The fraction of sp³-hybridized carbons (Fsp3) is 0.900. The number of nitrogens with zero attached hydrogens (tertiary/aromatic N) is 1. The Morgan fingerprint density at radius 3 is 2.54 bits per heavy atom. The van der Waals surface area contributed by atoms with Crippen molar-refractivity contribution in [2.45, 2.75) is 38.9 Å². The van der Waals surface area contributed by atoms with Crippen LogP contribution in [0.5, 0.6) is 0 Å². The summed E-state index contributed by atoms with van der Waals surface area (Å²) in [5.41, 5.74) is 0. The Hall–Kier alpha value is -0.180. The summed E-state index contributed by atoms with van der Waals surface area (Å²) in [6.45, 7) is 7.20. The molecule has 0 fully saturated rings. The first-order chi connectivity index (χ1) is 6.11. The fourth-order valence-electron chi connectivity index (χ4n) is 0.903. The standard InChI is InChI=1S/C10H21NOS/c1-5-9(3)13-8-7-11(4)10(12)6-2/h9H,5-8H2,1-4H3. The van der Waals surface area contributed by atoms with Crippen LogP contribution in [0.25, 0.3) is 0 Å². The SMILES string of the molecule is CCC(=O)N(C)CCSC(C)CC. The van der Waals surface area contributed by atoms with E-state index in [1.807, 2.05) is 30.6 Å². The van der Waals surface area contributed by atoms with Crippen LogP contribution in [0.15, 0.2) is 0 Å². The van der Waals surface area contributed by atoms with Gasteiger partial charge in [0.2, 0.25) is 5.91 Å². The number of carbonyl (C=O) groups excluding carboxylic acids is 1. The number of amides is 1. The molecule has 0 radical (unpaired) electrons. The van der Waals surface area contributed by atoms with Crippen molar-refractivity contribution in [2.75, 3.05) is 19.3 Å². The average molecular weight is 203 g/mol. The summed E-state index contributed by atoms with van der Waals surface area (Å²) in [5.74, 6) is 1.29. The van der Waals surface area contributed by atoms with Gasteiger partial charge in [-0.2, -0.15) is 11.8 Å². The van der Waals surface area contributed by atoms with Gasteiger partial charge in [-0.1, -0.05) is 20.8 Å². The zero-order chi connectivity index (χ0) is 10.3. The second-order valence-electron chi connectivity index (χ2n) is 3.26. The Labute approximate surface area is 86.1 Å². The molecule has 2 nitrogen and oxygen atoms in total. The Morgan fingerprint density at radius 2 is 2.08 bits per heavy atom. The number of carbonyl (C=O) groups is 1. The Balaban J connectivity index is 3.47. The van der Waals surface area contributed by atoms with Crippen LogP contribution in [0.3, 0.4) is 0 Å². The van der Waals surface area contributed by atoms with E-state index in [4.69, 9.17) is 0 Å². The molecule has 0 spiro atoms. The maximum Gasteiger partial charge on any atom is 0.222 e. The molecule has 1 unspecified atom stereocenters. The van der Waals surface area contributed by atoms with E-state index in [1.54, 1.807) is 0 Å². The highest BCUT2D eigenvalue weighted by Crippen LogP contribution is 2.12. The summed E-state index contributed by atoms with van der Waals surface area (Å²) in [7, 11) is 1.88. The lowest BCUT2D eigenvalue weighted by Crippen LogP contribution is -2.28. The summed E-state index contributed by atoms with van der Waals surface area (Å²) >= 11 is 1.94. The quantitative estimate of drug-likeness (QED) is 0.660. The first kappa shape index (κ1) is 12.8. The third kappa shape index (κ3) is 5.97. The van der Waals surface area contributed by atoms with Gasteiger partial charge in [-0.15, -0.1) is 0 Å². The molecule has 0 saturated heterocycles. The van der Waals surface area contributed by atoms with Gasteiger partial charge >= 0.3 is 0 Å². The van der Waals surface area contributed by atoms with E-state index in [-0.39, 0.29) is 5.91 Å². The van der Waals surface area contributed by atoms with Crippen molar-refractivity contribution in [2.24, 2.45) is 0 Å². The minimum absolute atomic E-state index is 0.241. The Kier molecular flexibility index (Phi) is 7.14. The summed E-state index contributed by atoms with van der Waals surface area (Å²) < 4.78 is 0. The second kappa shape index (κ2) is 7.25. The van der Waals surface area contributed by atoms with Crippen molar-refractivity contribution < 1.29 is 4.79 Å². The van der Waals surface area contributed by atoms with Crippen molar-refractivity contribution in [3.05, 3.63) is 0 Å². The summed E-state index contributed by atoms with van der Waals surface area (Å²) in [4.78, 5) is 13.0. The van der Waals surface area contributed by atoms with E-state index in [0.717, 1.165) is 12.3 Å². The van der Waals surface area contributed by atoms with Crippen molar-refractivity contribution in [1.82, 2.24) is 4.90 Å². The highest BCUT2D eigenvalue weighted by atomic mass is 32.2. The molecule has 0 aromatic heterocycles. The smallest absolute Gasteiger partial charge is 0.222 e. The van der Waals surface area contributed by atoms with Gasteiger partial charge in [0.05, 0.1) is 0 Å². The molecule has 0 aromatic carbocycles. The number of hydrogen-bond acceptors (Lipinski definition) is 2. The zero-order valence-corrected chi connectivity index (χ0v) is 9.99. The molecule has 0 bridgehead atoms. The summed E-state index contributed by atoms with van der Waals surface area (Å²) in [6.07, 6.45) is 1.82. The van der Waals surface area contributed by atoms with Crippen molar-refractivity contribution in [3.8, 4) is 0 Å².